The Bertz CT molecular complexity index is 1990. The third-order valence-electron chi connectivity index (χ3n) is 7.36. The zero-order chi connectivity index (χ0) is 29.9. The molecule has 0 fully saturated rings. The van der Waals surface area contributed by atoms with Gasteiger partial charge in [0.2, 0.25) is 0 Å². The van der Waals surface area contributed by atoms with Crippen molar-refractivity contribution in [3.8, 4) is 67.7 Å². The summed E-state index contributed by atoms with van der Waals surface area (Å²) in [7, 11) is 0. The van der Waals surface area contributed by atoms with Gasteiger partial charge in [0, 0.05) is 67.8 Å². The third kappa shape index (κ3) is 6.50. The van der Waals surface area contributed by atoms with E-state index in [2.05, 4.69) is 84.5 Å². The molecule has 3 aromatic carbocycles. The van der Waals surface area contributed by atoms with Crippen molar-refractivity contribution in [2.75, 3.05) is 0 Å². The molecule has 219 valence electrons. The fourth-order valence-electron chi connectivity index (χ4n) is 5.31. The van der Waals surface area contributed by atoms with Gasteiger partial charge in [-0.1, -0.05) is 76.9 Å². The SMILES string of the molecule is Cc1cc(C)cc(-c2ccccc2-c2c[c-]c(-c3ccc(-c4nc(-c5cccnc5)nc(-c5cccnc5)n4)cn3)cc2)c1.[Ir]. The van der Waals surface area contributed by atoms with Crippen LogP contribution in [0.5, 0.6) is 0 Å². The van der Waals surface area contributed by atoms with Crippen LogP contribution in [0.15, 0.2) is 128 Å². The summed E-state index contributed by atoms with van der Waals surface area (Å²) < 4.78 is 0. The second-order valence-electron chi connectivity index (χ2n) is 10.6. The molecule has 0 saturated heterocycles. The van der Waals surface area contributed by atoms with Gasteiger partial charge >= 0.3 is 0 Å². The number of aryl methyl sites for hydroxylation is 2. The van der Waals surface area contributed by atoms with Crippen molar-refractivity contribution in [2.45, 2.75) is 13.8 Å². The first-order chi connectivity index (χ1) is 21.6. The molecule has 0 saturated carbocycles. The summed E-state index contributed by atoms with van der Waals surface area (Å²) in [6.07, 6.45) is 8.73. The Kier molecular flexibility index (Phi) is 8.74. The molecule has 45 heavy (non-hydrogen) atoms. The number of aromatic nitrogens is 6. The number of nitrogens with zero attached hydrogens (tertiary/aromatic N) is 6. The van der Waals surface area contributed by atoms with Crippen LogP contribution in [0.3, 0.4) is 0 Å². The van der Waals surface area contributed by atoms with Crippen LogP contribution in [0.25, 0.3) is 67.7 Å². The monoisotopic (exact) mass is 760 g/mol. The van der Waals surface area contributed by atoms with Crippen LogP contribution in [-0.2, 0) is 20.1 Å². The molecule has 7 rings (SSSR count). The Labute approximate surface area is 275 Å². The maximum atomic E-state index is 4.76. The van der Waals surface area contributed by atoms with Gasteiger partial charge in [-0.25, -0.2) is 15.0 Å². The molecule has 6 nitrogen and oxygen atoms in total. The van der Waals surface area contributed by atoms with Crippen LogP contribution in [0.1, 0.15) is 11.1 Å². The number of pyridine rings is 3. The second kappa shape index (κ2) is 13.2. The van der Waals surface area contributed by atoms with Crippen molar-refractivity contribution in [2.24, 2.45) is 0 Å². The van der Waals surface area contributed by atoms with E-state index >= 15 is 0 Å². The molecule has 0 unspecified atom stereocenters. The molecule has 0 atom stereocenters. The molecule has 0 spiro atoms. The second-order valence-corrected chi connectivity index (χ2v) is 10.6. The first kappa shape index (κ1) is 29.8. The van der Waals surface area contributed by atoms with Gasteiger partial charge in [0.1, 0.15) is 0 Å². The molecule has 0 N–H and O–H groups in total. The van der Waals surface area contributed by atoms with Crippen molar-refractivity contribution >= 4 is 0 Å². The molecule has 0 bridgehead atoms. The average Bonchev–Trinajstić information content (AvgIpc) is 3.08. The summed E-state index contributed by atoms with van der Waals surface area (Å²) in [5, 5.41) is 0. The van der Waals surface area contributed by atoms with E-state index in [4.69, 9.17) is 19.9 Å². The number of rotatable bonds is 6. The molecule has 0 amide bonds. The summed E-state index contributed by atoms with van der Waals surface area (Å²) in [5.41, 5.74) is 11.3. The van der Waals surface area contributed by atoms with Crippen molar-refractivity contribution in [1.82, 2.24) is 29.9 Å². The number of hydrogen-bond acceptors (Lipinski definition) is 6. The normalized spacial score (nSPS) is 10.7. The molecule has 0 aliphatic rings. The van der Waals surface area contributed by atoms with E-state index in [1.165, 1.54) is 27.8 Å². The molecule has 1 radical (unpaired) electrons. The minimum Gasteiger partial charge on any atom is -0.304 e. The summed E-state index contributed by atoms with van der Waals surface area (Å²) in [6.45, 7) is 4.28. The largest absolute Gasteiger partial charge is 0.304 e. The van der Waals surface area contributed by atoms with Crippen molar-refractivity contribution in [3.63, 3.8) is 0 Å². The molecular formula is C38H27IrN6-. The average molecular weight is 760 g/mol. The van der Waals surface area contributed by atoms with Crippen LogP contribution in [-0.4, -0.2) is 29.9 Å². The van der Waals surface area contributed by atoms with Gasteiger partial charge in [0.05, 0.1) is 0 Å². The molecule has 4 aromatic heterocycles. The van der Waals surface area contributed by atoms with Crippen molar-refractivity contribution in [3.05, 3.63) is 145 Å². The Morgan fingerprint density at radius 3 is 1.56 bits per heavy atom. The van der Waals surface area contributed by atoms with E-state index in [1.54, 1.807) is 31.0 Å². The van der Waals surface area contributed by atoms with E-state index in [-0.39, 0.29) is 20.1 Å². The zero-order valence-electron chi connectivity index (χ0n) is 24.6. The number of benzene rings is 3. The molecule has 7 aromatic rings. The first-order valence-corrected chi connectivity index (χ1v) is 14.3. The Morgan fingerprint density at radius 2 is 1.07 bits per heavy atom. The van der Waals surface area contributed by atoms with Crippen LogP contribution in [0.2, 0.25) is 0 Å². The van der Waals surface area contributed by atoms with Crippen LogP contribution < -0.4 is 0 Å². The van der Waals surface area contributed by atoms with Gasteiger partial charge in [0.25, 0.3) is 0 Å². The quantitative estimate of drug-likeness (QED) is 0.159. The summed E-state index contributed by atoms with van der Waals surface area (Å²) in [5.74, 6) is 1.60. The van der Waals surface area contributed by atoms with E-state index in [0.29, 0.717) is 17.5 Å². The van der Waals surface area contributed by atoms with E-state index < -0.39 is 0 Å². The topological polar surface area (TPSA) is 77.3 Å². The van der Waals surface area contributed by atoms with Crippen LogP contribution >= 0.6 is 0 Å². The maximum Gasteiger partial charge on any atom is 0.165 e. The van der Waals surface area contributed by atoms with Gasteiger partial charge in [-0.2, -0.15) is 0 Å². The molecule has 0 aliphatic heterocycles. The van der Waals surface area contributed by atoms with Crippen molar-refractivity contribution < 1.29 is 20.1 Å². The first-order valence-electron chi connectivity index (χ1n) is 14.3. The molecule has 7 heteroatoms. The Balaban J connectivity index is 0.00000357. The van der Waals surface area contributed by atoms with E-state index in [0.717, 1.165) is 33.5 Å². The zero-order valence-corrected chi connectivity index (χ0v) is 27.0. The van der Waals surface area contributed by atoms with Crippen LogP contribution in [0, 0.1) is 19.9 Å². The summed E-state index contributed by atoms with van der Waals surface area (Å²) >= 11 is 0. The fraction of sp³-hybridized carbons (Fsp3) is 0.0526. The van der Waals surface area contributed by atoms with Gasteiger partial charge in [-0.15, -0.1) is 29.8 Å². The molecule has 0 aliphatic carbocycles. The number of hydrogen-bond donors (Lipinski definition) is 0. The van der Waals surface area contributed by atoms with Gasteiger partial charge in [-0.05, 0) is 54.9 Å². The summed E-state index contributed by atoms with van der Waals surface area (Å²) in [4.78, 5) is 27.5. The van der Waals surface area contributed by atoms with Gasteiger partial charge in [0.15, 0.2) is 17.5 Å². The minimum absolute atomic E-state index is 0. The van der Waals surface area contributed by atoms with Gasteiger partial charge in [-0.3, -0.25) is 9.97 Å². The van der Waals surface area contributed by atoms with Crippen molar-refractivity contribution in [1.29, 1.82) is 0 Å². The Morgan fingerprint density at radius 1 is 0.511 bits per heavy atom. The fourth-order valence-corrected chi connectivity index (χ4v) is 5.31. The molecule has 4 heterocycles. The smallest absolute Gasteiger partial charge is 0.165 e. The predicted octanol–water partition coefficient (Wildman–Crippen LogP) is 8.47. The molecular weight excluding hydrogens is 733 g/mol. The van der Waals surface area contributed by atoms with Crippen LogP contribution in [0.4, 0.5) is 0 Å². The summed E-state index contributed by atoms with van der Waals surface area (Å²) in [6, 6.07) is 36.4. The predicted molar refractivity (Wildman–Crippen MR) is 174 cm³/mol. The third-order valence-corrected chi connectivity index (χ3v) is 7.36. The standard InChI is InChI=1S/C38H27N6.Ir/c1-25-19-26(2)21-32(20-25)34-10-4-3-9-33(34)27-11-13-28(14-12-27)35-16-15-31(24-41-35)38-43-36(29-7-5-17-39-22-29)42-37(44-38)30-8-6-18-40-23-30;/h3-13,15-24H,1-2H3;/q-1;. The Hall–Kier alpha value is -5.23. The van der Waals surface area contributed by atoms with E-state index in [9.17, 15) is 0 Å². The van der Waals surface area contributed by atoms with E-state index in [1.807, 2.05) is 42.5 Å². The minimum atomic E-state index is 0. The van der Waals surface area contributed by atoms with Gasteiger partial charge < -0.3 is 4.98 Å². The maximum absolute atomic E-state index is 4.76.